The fraction of sp³-hybridized carbons (Fsp3) is 0.176. The number of aromatic nitrogens is 3. The number of anilines is 1. The standard InChI is InChI=1S/C17H19N5O3S/c1-11-9-19-16(20-11)13-6-4-5-7-14(13)21-17(23)15-8-12(10-18-15)26(24,25)22(2)3/h4-10,18H,1-3H3,(H,19,20)(H,21,23). The van der Waals surface area contributed by atoms with E-state index in [4.69, 9.17) is 0 Å². The van der Waals surface area contributed by atoms with Gasteiger partial charge in [-0.25, -0.2) is 17.7 Å². The van der Waals surface area contributed by atoms with Crippen LogP contribution in [0.2, 0.25) is 0 Å². The third-order valence-electron chi connectivity index (χ3n) is 3.81. The molecule has 0 aliphatic rings. The van der Waals surface area contributed by atoms with Crippen molar-refractivity contribution in [2.24, 2.45) is 0 Å². The number of H-pyrrole nitrogens is 2. The Balaban J connectivity index is 1.87. The Kier molecular flexibility index (Phi) is 4.66. The quantitative estimate of drug-likeness (QED) is 0.637. The number of hydrogen-bond acceptors (Lipinski definition) is 4. The maximum absolute atomic E-state index is 12.5. The molecule has 0 aliphatic heterocycles. The molecule has 8 nitrogen and oxygen atoms in total. The second kappa shape index (κ2) is 6.77. The lowest BCUT2D eigenvalue weighted by Crippen LogP contribution is -2.21. The Hall–Kier alpha value is -2.91. The number of amides is 1. The second-order valence-electron chi connectivity index (χ2n) is 5.95. The van der Waals surface area contributed by atoms with Gasteiger partial charge < -0.3 is 15.3 Å². The molecule has 9 heteroatoms. The topological polar surface area (TPSA) is 111 Å². The molecule has 0 radical (unpaired) electrons. The first-order valence-corrected chi connectivity index (χ1v) is 9.26. The molecule has 1 aromatic carbocycles. The minimum Gasteiger partial charge on any atom is -0.356 e. The number of benzene rings is 1. The molecule has 0 aliphatic carbocycles. The van der Waals surface area contributed by atoms with Crippen molar-refractivity contribution in [1.29, 1.82) is 0 Å². The van der Waals surface area contributed by atoms with E-state index in [-0.39, 0.29) is 10.6 Å². The highest BCUT2D eigenvalue weighted by Crippen LogP contribution is 2.26. The Morgan fingerprint density at radius 2 is 1.96 bits per heavy atom. The molecule has 1 amide bonds. The predicted octanol–water partition coefficient (Wildman–Crippen LogP) is 2.22. The van der Waals surface area contributed by atoms with Gasteiger partial charge in [0.25, 0.3) is 5.91 Å². The first kappa shape index (κ1) is 17.9. The van der Waals surface area contributed by atoms with Gasteiger partial charge in [0.15, 0.2) is 0 Å². The fourth-order valence-electron chi connectivity index (χ4n) is 2.40. The van der Waals surface area contributed by atoms with Gasteiger partial charge in [0, 0.05) is 37.7 Å². The lowest BCUT2D eigenvalue weighted by Gasteiger charge is -2.09. The van der Waals surface area contributed by atoms with Crippen LogP contribution in [0.5, 0.6) is 0 Å². The SMILES string of the molecule is Cc1cnc(-c2ccccc2NC(=O)c2cc(S(=O)(=O)N(C)C)c[nH]2)[nH]1. The Morgan fingerprint density at radius 3 is 2.62 bits per heavy atom. The van der Waals surface area contributed by atoms with Gasteiger partial charge in [0.05, 0.1) is 5.69 Å². The highest BCUT2D eigenvalue weighted by atomic mass is 32.2. The first-order valence-electron chi connectivity index (χ1n) is 7.82. The predicted molar refractivity (Wildman–Crippen MR) is 98.4 cm³/mol. The van der Waals surface area contributed by atoms with E-state index in [1.165, 1.54) is 26.4 Å². The number of aromatic amines is 2. The van der Waals surface area contributed by atoms with Crippen LogP contribution in [0.4, 0.5) is 5.69 Å². The summed E-state index contributed by atoms with van der Waals surface area (Å²) >= 11 is 0. The highest BCUT2D eigenvalue weighted by Gasteiger charge is 2.21. The Labute approximate surface area is 151 Å². The summed E-state index contributed by atoms with van der Waals surface area (Å²) in [5.41, 5.74) is 2.36. The minimum absolute atomic E-state index is 0.0302. The largest absolute Gasteiger partial charge is 0.356 e. The molecule has 26 heavy (non-hydrogen) atoms. The van der Waals surface area contributed by atoms with E-state index in [0.717, 1.165) is 15.6 Å². The molecule has 0 spiro atoms. The molecule has 3 rings (SSSR count). The number of para-hydroxylation sites is 1. The van der Waals surface area contributed by atoms with Crippen molar-refractivity contribution in [3.8, 4) is 11.4 Å². The van der Waals surface area contributed by atoms with Crippen molar-refractivity contribution >= 4 is 21.6 Å². The minimum atomic E-state index is -3.60. The number of carbonyl (C=O) groups is 1. The van der Waals surface area contributed by atoms with Gasteiger partial charge in [-0.3, -0.25) is 4.79 Å². The van der Waals surface area contributed by atoms with Crippen molar-refractivity contribution in [1.82, 2.24) is 19.3 Å². The monoisotopic (exact) mass is 373 g/mol. The number of rotatable bonds is 5. The zero-order chi connectivity index (χ0) is 18.9. The van der Waals surface area contributed by atoms with Crippen LogP contribution in [-0.4, -0.2) is 47.7 Å². The van der Waals surface area contributed by atoms with Crippen LogP contribution in [0.15, 0.2) is 47.6 Å². The Bertz CT molecular complexity index is 1050. The van der Waals surface area contributed by atoms with Crippen LogP contribution >= 0.6 is 0 Å². The van der Waals surface area contributed by atoms with E-state index in [9.17, 15) is 13.2 Å². The van der Waals surface area contributed by atoms with Crippen molar-refractivity contribution in [2.75, 3.05) is 19.4 Å². The summed E-state index contributed by atoms with van der Waals surface area (Å²) < 4.78 is 25.3. The number of imidazole rings is 1. The van der Waals surface area contributed by atoms with Gasteiger partial charge in [0.2, 0.25) is 10.0 Å². The van der Waals surface area contributed by atoms with E-state index in [1.807, 2.05) is 19.1 Å². The van der Waals surface area contributed by atoms with E-state index >= 15 is 0 Å². The number of sulfonamides is 1. The number of carbonyl (C=O) groups excluding carboxylic acids is 1. The van der Waals surface area contributed by atoms with Crippen molar-refractivity contribution in [3.05, 3.63) is 54.1 Å². The molecule has 3 N–H and O–H groups in total. The Morgan fingerprint density at radius 1 is 1.23 bits per heavy atom. The molecule has 0 bridgehead atoms. The van der Waals surface area contributed by atoms with Crippen LogP contribution in [0.25, 0.3) is 11.4 Å². The van der Waals surface area contributed by atoms with Gasteiger partial charge in [-0.15, -0.1) is 0 Å². The molecule has 0 saturated heterocycles. The molecule has 3 aromatic rings. The molecule has 2 heterocycles. The van der Waals surface area contributed by atoms with E-state index in [0.29, 0.717) is 11.5 Å². The summed E-state index contributed by atoms with van der Waals surface area (Å²) in [7, 11) is -0.735. The average Bonchev–Trinajstić information content (AvgIpc) is 3.24. The molecule has 0 unspecified atom stereocenters. The average molecular weight is 373 g/mol. The van der Waals surface area contributed by atoms with E-state index < -0.39 is 15.9 Å². The van der Waals surface area contributed by atoms with Crippen LogP contribution in [0.3, 0.4) is 0 Å². The highest BCUT2D eigenvalue weighted by molar-refractivity contribution is 7.89. The molecule has 2 aromatic heterocycles. The first-order chi connectivity index (χ1) is 12.3. The van der Waals surface area contributed by atoms with Gasteiger partial charge in [-0.05, 0) is 25.1 Å². The lowest BCUT2D eigenvalue weighted by atomic mass is 10.1. The van der Waals surface area contributed by atoms with E-state index in [2.05, 4.69) is 20.3 Å². The fourth-order valence-corrected chi connectivity index (χ4v) is 3.30. The number of aryl methyl sites for hydroxylation is 1. The smallest absolute Gasteiger partial charge is 0.272 e. The van der Waals surface area contributed by atoms with E-state index in [1.54, 1.807) is 18.3 Å². The summed E-state index contributed by atoms with van der Waals surface area (Å²) in [5, 5.41) is 2.79. The third-order valence-corrected chi connectivity index (χ3v) is 5.61. The van der Waals surface area contributed by atoms with Crippen molar-refractivity contribution in [2.45, 2.75) is 11.8 Å². The lowest BCUT2D eigenvalue weighted by molar-refractivity contribution is 0.102. The maximum atomic E-state index is 12.5. The summed E-state index contributed by atoms with van der Waals surface area (Å²) in [4.78, 5) is 22.7. The van der Waals surface area contributed by atoms with Gasteiger partial charge in [0.1, 0.15) is 16.4 Å². The molecule has 0 fully saturated rings. The molecular formula is C17H19N5O3S. The van der Waals surface area contributed by atoms with Crippen LogP contribution in [0.1, 0.15) is 16.2 Å². The van der Waals surface area contributed by atoms with Crippen LogP contribution in [-0.2, 0) is 10.0 Å². The van der Waals surface area contributed by atoms with Crippen molar-refractivity contribution in [3.63, 3.8) is 0 Å². The molecule has 0 saturated carbocycles. The number of nitrogens with zero attached hydrogens (tertiary/aromatic N) is 2. The van der Waals surface area contributed by atoms with Crippen LogP contribution in [0, 0.1) is 6.92 Å². The summed E-state index contributed by atoms with van der Waals surface area (Å²) in [6.45, 7) is 1.89. The van der Waals surface area contributed by atoms with Crippen LogP contribution < -0.4 is 5.32 Å². The summed E-state index contributed by atoms with van der Waals surface area (Å²) in [5.74, 6) is 0.196. The number of hydrogen-bond donors (Lipinski definition) is 3. The third kappa shape index (κ3) is 3.39. The summed E-state index contributed by atoms with van der Waals surface area (Å²) in [6, 6.07) is 8.55. The van der Waals surface area contributed by atoms with Gasteiger partial charge >= 0.3 is 0 Å². The molecule has 136 valence electrons. The zero-order valence-electron chi connectivity index (χ0n) is 14.6. The van der Waals surface area contributed by atoms with Gasteiger partial charge in [-0.2, -0.15) is 0 Å². The van der Waals surface area contributed by atoms with Gasteiger partial charge in [-0.1, -0.05) is 12.1 Å². The summed E-state index contributed by atoms with van der Waals surface area (Å²) in [6.07, 6.45) is 3.00. The normalized spacial score (nSPS) is 11.7. The molecule has 0 atom stereocenters. The zero-order valence-corrected chi connectivity index (χ0v) is 15.4. The molecular weight excluding hydrogens is 354 g/mol. The maximum Gasteiger partial charge on any atom is 0.272 e. The van der Waals surface area contributed by atoms with Crippen molar-refractivity contribution < 1.29 is 13.2 Å². The number of nitrogens with one attached hydrogen (secondary N) is 3. The second-order valence-corrected chi connectivity index (χ2v) is 8.10.